The first kappa shape index (κ1) is 14.4. The SMILES string of the molecule is CC(C)C1CC(NCc2ccc(C(=O)O)cc2)CS1. The summed E-state index contributed by atoms with van der Waals surface area (Å²) in [7, 11) is 0. The molecule has 0 spiro atoms. The summed E-state index contributed by atoms with van der Waals surface area (Å²) in [6.45, 7) is 5.38. The number of hydrogen-bond acceptors (Lipinski definition) is 3. The summed E-state index contributed by atoms with van der Waals surface area (Å²) in [5, 5.41) is 13.2. The van der Waals surface area contributed by atoms with Crippen LogP contribution in [0.3, 0.4) is 0 Å². The van der Waals surface area contributed by atoms with Gasteiger partial charge in [-0.25, -0.2) is 4.79 Å². The van der Waals surface area contributed by atoms with Crippen LogP contribution in [0.5, 0.6) is 0 Å². The van der Waals surface area contributed by atoms with Crippen molar-refractivity contribution < 1.29 is 9.90 Å². The van der Waals surface area contributed by atoms with Crippen molar-refractivity contribution in [1.29, 1.82) is 0 Å². The Balaban J connectivity index is 1.81. The average Bonchev–Trinajstić information content (AvgIpc) is 2.86. The summed E-state index contributed by atoms with van der Waals surface area (Å²) >= 11 is 2.06. The van der Waals surface area contributed by atoms with Crippen molar-refractivity contribution in [2.45, 2.75) is 38.1 Å². The van der Waals surface area contributed by atoms with E-state index in [9.17, 15) is 4.79 Å². The predicted molar refractivity (Wildman–Crippen MR) is 79.7 cm³/mol. The molecule has 0 amide bonds. The number of nitrogens with one attached hydrogen (secondary N) is 1. The molecule has 2 unspecified atom stereocenters. The minimum atomic E-state index is -0.869. The molecule has 4 heteroatoms. The van der Waals surface area contributed by atoms with Crippen LogP contribution in [0.15, 0.2) is 24.3 Å². The summed E-state index contributed by atoms with van der Waals surface area (Å²) in [4.78, 5) is 10.8. The highest BCUT2D eigenvalue weighted by Gasteiger charge is 2.26. The zero-order chi connectivity index (χ0) is 13.8. The van der Waals surface area contributed by atoms with Gasteiger partial charge < -0.3 is 10.4 Å². The third-order valence-electron chi connectivity index (χ3n) is 3.57. The fourth-order valence-corrected chi connectivity index (χ4v) is 3.78. The third-order valence-corrected chi connectivity index (χ3v) is 5.33. The van der Waals surface area contributed by atoms with Crippen molar-refractivity contribution in [3.63, 3.8) is 0 Å². The molecular formula is C15H21NO2S. The van der Waals surface area contributed by atoms with Crippen molar-refractivity contribution in [1.82, 2.24) is 5.32 Å². The van der Waals surface area contributed by atoms with E-state index >= 15 is 0 Å². The number of carbonyl (C=O) groups is 1. The maximum atomic E-state index is 10.8. The molecule has 1 saturated heterocycles. The lowest BCUT2D eigenvalue weighted by molar-refractivity contribution is 0.0697. The second kappa shape index (κ2) is 6.44. The molecule has 1 aliphatic rings. The van der Waals surface area contributed by atoms with Gasteiger partial charge >= 0.3 is 5.97 Å². The van der Waals surface area contributed by atoms with E-state index in [2.05, 4.69) is 30.9 Å². The van der Waals surface area contributed by atoms with Gasteiger partial charge in [0.05, 0.1) is 5.56 Å². The second-order valence-electron chi connectivity index (χ2n) is 5.43. The zero-order valence-electron chi connectivity index (χ0n) is 11.4. The molecule has 2 atom stereocenters. The number of hydrogen-bond donors (Lipinski definition) is 2. The average molecular weight is 279 g/mol. The van der Waals surface area contributed by atoms with E-state index in [-0.39, 0.29) is 0 Å². The molecule has 1 aliphatic heterocycles. The van der Waals surface area contributed by atoms with Crippen LogP contribution in [0.25, 0.3) is 0 Å². The summed E-state index contributed by atoms with van der Waals surface area (Å²) in [6.07, 6.45) is 1.23. The van der Waals surface area contributed by atoms with E-state index in [4.69, 9.17) is 5.11 Å². The Bertz CT molecular complexity index is 430. The fourth-order valence-electron chi connectivity index (χ4n) is 2.29. The van der Waals surface area contributed by atoms with Crippen LogP contribution in [-0.4, -0.2) is 28.1 Å². The van der Waals surface area contributed by atoms with Gasteiger partial charge in [-0.2, -0.15) is 11.8 Å². The number of carboxylic acids is 1. The second-order valence-corrected chi connectivity index (χ2v) is 6.70. The topological polar surface area (TPSA) is 49.3 Å². The lowest BCUT2D eigenvalue weighted by Crippen LogP contribution is -2.29. The van der Waals surface area contributed by atoms with E-state index in [1.807, 2.05) is 12.1 Å². The molecular weight excluding hydrogens is 258 g/mol. The molecule has 2 N–H and O–H groups in total. The van der Waals surface area contributed by atoms with Crippen molar-refractivity contribution >= 4 is 17.7 Å². The molecule has 2 rings (SSSR count). The number of thioether (sulfide) groups is 1. The number of benzene rings is 1. The molecule has 0 aliphatic carbocycles. The molecule has 0 saturated carbocycles. The minimum absolute atomic E-state index is 0.347. The first-order valence-electron chi connectivity index (χ1n) is 6.73. The zero-order valence-corrected chi connectivity index (χ0v) is 12.2. The van der Waals surface area contributed by atoms with Crippen molar-refractivity contribution in [2.24, 2.45) is 5.92 Å². The van der Waals surface area contributed by atoms with Crippen LogP contribution < -0.4 is 5.32 Å². The molecule has 3 nitrogen and oxygen atoms in total. The predicted octanol–water partition coefficient (Wildman–Crippen LogP) is 3.00. The quantitative estimate of drug-likeness (QED) is 0.870. The van der Waals surface area contributed by atoms with Gasteiger partial charge in [0, 0.05) is 23.6 Å². The van der Waals surface area contributed by atoms with Crippen molar-refractivity contribution in [3.05, 3.63) is 35.4 Å². The molecule has 1 heterocycles. The smallest absolute Gasteiger partial charge is 0.335 e. The highest BCUT2D eigenvalue weighted by atomic mass is 32.2. The molecule has 1 aromatic rings. The van der Waals surface area contributed by atoms with Crippen LogP contribution in [0, 0.1) is 5.92 Å². The van der Waals surface area contributed by atoms with Gasteiger partial charge in [-0.05, 0) is 30.0 Å². The minimum Gasteiger partial charge on any atom is -0.478 e. The Hall–Kier alpha value is -1.00. The molecule has 1 fully saturated rings. The molecule has 0 bridgehead atoms. The Morgan fingerprint density at radius 2 is 2.11 bits per heavy atom. The number of carboxylic acid groups (broad SMARTS) is 1. The Labute approximate surface area is 118 Å². The summed E-state index contributed by atoms with van der Waals surface area (Å²) in [6, 6.07) is 7.69. The van der Waals surface area contributed by atoms with Gasteiger partial charge in [0.2, 0.25) is 0 Å². The summed E-state index contributed by atoms with van der Waals surface area (Å²) in [5.41, 5.74) is 1.49. The Kier molecular flexibility index (Phi) is 4.88. The number of aromatic carboxylic acids is 1. The van der Waals surface area contributed by atoms with Crippen molar-refractivity contribution in [3.8, 4) is 0 Å². The van der Waals surface area contributed by atoms with Gasteiger partial charge in [-0.3, -0.25) is 0 Å². The highest BCUT2D eigenvalue weighted by molar-refractivity contribution is 8.00. The van der Waals surface area contributed by atoms with Gasteiger partial charge in [0.25, 0.3) is 0 Å². The van der Waals surface area contributed by atoms with Crippen molar-refractivity contribution in [2.75, 3.05) is 5.75 Å². The van der Waals surface area contributed by atoms with E-state index in [0.29, 0.717) is 11.6 Å². The van der Waals surface area contributed by atoms with Crippen LogP contribution >= 0.6 is 11.8 Å². The van der Waals surface area contributed by atoms with E-state index in [1.165, 1.54) is 12.2 Å². The highest BCUT2D eigenvalue weighted by Crippen LogP contribution is 2.32. The Morgan fingerprint density at radius 1 is 1.42 bits per heavy atom. The number of rotatable bonds is 5. The van der Waals surface area contributed by atoms with Crippen LogP contribution in [0.1, 0.15) is 36.2 Å². The molecule has 0 aromatic heterocycles. The summed E-state index contributed by atoms with van der Waals surface area (Å²) in [5.74, 6) is 1.05. The normalized spacial score (nSPS) is 22.9. The standard InChI is InChI=1S/C15H21NO2S/c1-10(2)14-7-13(9-19-14)16-8-11-3-5-12(6-4-11)15(17)18/h3-6,10,13-14,16H,7-9H2,1-2H3,(H,17,18). The van der Waals surface area contributed by atoms with Gasteiger partial charge in [0.15, 0.2) is 0 Å². The van der Waals surface area contributed by atoms with Crippen LogP contribution in [0.2, 0.25) is 0 Å². The first-order valence-corrected chi connectivity index (χ1v) is 7.78. The van der Waals surface area contributed by atoms with Gasteiger partial charge in [-0.1, -0.05) is 26.0 Å². The lowest BCUT2D eigenvalue weighted by atomic mass is 10.0. The molecule has 104 valence electrons. The van der Waals surface area contributed by atoms with Gasteiger partial charge in [-0.15, -0.1) is 0 Å². The Morgan fingerprint density at radius 3 is 2.63 bits per heavy atom. The van der Waals surface area contributed by atoms with Gasteiger partial charge in [0.1, 0.15) is 0 Å². The first-order chi connectivity index (χ1) is 9.06. The maximum absolute atomic E-state index is 10.8. The van der Waals surface area contributed by atoms with E-state index in [1.54, 1.807) is 12.1 Å². The van der Waals surface area contributed by atoms with E-state index in [0.717, 1.165) is 23.3 Å². The third kappa shape index (κ3) is 3.98. The van der Waals surface area contributed by atoms with Crippen LogP contribution in [-0.2, 0) is 6.54 Å². The largest absolute Gasteiger partial charge is 0.478 e. The van der Waals surface area contributed by atoms with Crippen LogP contribution in [0.4, 0.5) is 0 Å². The van der Waals surface area contributed by atoms with E-state index < -0.39 is 5.97 Å². The monoisotopic (exact) mass is 279 g/mol. The molecule has 1 aromatic carbocycles. The summed E-state index contributed by atoms with van der Waals surface area (Å²) < 4.78 is 0. The molecule has 0 radical (unpaired) electrons. The fraction of sp³-hybridized carbons (Fsp3) is 0.533. The lowest BCUT2D eigenvalue weighted by Gasteiger charge is -2.14. The maximum Gasteiger partial charge on any atom is 0.335 e. The molecule has 19 heavy (non-hydrogen) atoms.